The van der Waals surface area contributed by atoms with Crippen LogP contribution in [0.3, 0.4) is 0 Å². The predicted octanol–water partition coefficient (Wildman–Crippen LogP) is -0.485. The largest absolute Gasteiger partial charge is 0.317 e. The van der Waals surface area contributed by atoms with Crippen molar-refractivity contribution < 1.29 is 8.42 Å². The SMILES string of the molecule is O=S1(=O)CC(NC2CCCNCC2)C1. The lowest BCUT2D eigenvalue weighted by atomic mass is 10.1. The Morgan fingerprint density at radius 1 is 1.07 bits per heavy atom. The number of hydrogen-bond acceptors (Lipinski definition) is 4. The van der Waals surface area contributed by atoms with Crippen LogP contribution in [0.15, 0.2) is 0 Å². The Labute approximate surface area is 85.4 Å². The van der Waals surface area contributed by atoms with Gasteiger partial charge in [0.05, 0.1) is 11.5 Å². The summed E-state index contributed by atoms with van der Waals surface area (Å²) in [5.74, 6) is 0.688. The zero-order valence-corrected chi connectivity index (χ0v) is 9.15. The topological polar surface area (TPSA) is 58.2 Å². The van der Waals surface area contributed by atoms with Crippen LogP contribution in [0, 0.1) is 0 Å². The third-order valence-electron chi connectivity index (χ3n) is 2.96. The molecule has 0 radical (unpaired) electrons. The van der Waals surface area contributed by atoms with Crippen LogP contribution in [0.4, 0.5) is 0 Å². The van der Waals surface area contributed by atoms with Gasteiger partial charge in [-0.05, 0) is 32.4 Å². The zero-order valence-electron chi connectivity index (χ0n) is 8.33. The lowest BCUT2D eigenvalue weighted by Gasteiger charge is -2.30. The first kappa shape index (κ1) is 10.4. The summed E-state index contributed by atoms with van der Waals surface area (Å²) in [6, 6.07) is 0.744. The van der Waals surface area contributed by atoms with Crippen LogP contribution < -0.4 is 10.6 Å². The van der Waals surface area contributed by atoms with Crippen molar-refractivity contribution in [2.24, 2.45) is 0 Å². The molecule has 1 unspecified atom stereocenters. The number of hydrogen-bond donors (Lipinski definition) is 2. The molecule has 2 aliphatic heterocycles. The van der Waals surface area contributed by atoms with Crippen molar-refractivity contribution in [3.8, 4) is 0 Å². The third kappa shape index (κ3) is 2.68. The molecule has 2 heterocycles. The third-order valence-corrected chi connectivity index (χ3v) is 4.78. The molecule has 1 atom stereocenters. The van der Waals surface area contributed by atoms with Crippen molar-refractivity contribution in [3.63, 3.8) is 0 Å². The molecule has 2 rings (SSSR count). The molecular formula is C9H18N2O2S. The Balaban J connectivity index is 1.75. The smallest absolute Gasteiger partial charge is 0.153 e. The van der Waals surface area contributed by atoms with Gasteiger partial charge in [0.15, 0.2) is 9.84 Å². The van der Waals surface area contributed by atoms with Crippen LogP contribution in [-0.2, 0) is 9.84 Å². The number of rotatable bonds is 2. The van der Waals surface area contributed by atoms with E-state index < -0.39 is 9.84 Å². The average Bonchev–Trinajstić information content (AvgIpc) is 2.29. The average molecular weight is 218 g/mol. The van der Waals surface area contributed by atoms with Gasteiger partial charge in [0.2, 0.25) is 0 Å². The molecule has 0 aromatic carbocycles. The molecule has 0 bridgehead atoms. The first-order valence-electron chi connectivity index (χ1n) is 5.33. The standard InChI is InChI=1S/C9H18N2O2S/c12-14(13)6-9(7-14)11-8-2-1-4-10-5-3-8/h8-11H,1-7H2. The highest BCUT2D eigenvalue weighted by Crippen LogP contribution is 2.14. The summed E-state index contributed by atoms with van der Waals surface area (Å²) in [4.78, 5) is 0. The summed E-state index contributed by atoms with van der Waals surface area (Å²) >= 11 is 0. The maximum absolute atomic E-state index is 11.0. The second kappa shape index (κ2) is 4.16. The van der Waals surface area contributed by atoms with E-state index in [9.17, 15) is 8.42 Å². The molecule has 0 aliphatic carbocycles. The Kier molecular flexibility index (Phi) is 3.09. The molecule has 2 N–H and O–H groups in total. The Hall–Kier alpha value is -0.130. The number of nitrogens with one attached hydrogen (secondary N) is 2. The molecule has 0 saturated carbocycles. The van der Waals surface area contributed by atoms with Gasteiger partial charge >= 0.3 is 0 Å². The second-order valence-corrected chi connectivity index (χ2v) is 6.47. The lowest BCUT2D eigenvalue weighted by molar-refractivity contribution is 0.412. The van der Waals surface area contributed by atoms with Crippen molar-refractivity contribution in [2.75, 3.05) is 24.6 Å². The monoisotopic (exact) mass is 218 g/mol. The molecule has 14 heavy (non-hydrogen) atoms. The van der Waals surface area contributed by atoms with Gasteiger partial charge in [-0.2, -0.15) is 0 Å². The van der Waals surface area contributed by atoms with Crippen LogP contribution >= 0.6 is 0 Å². The Morgan fingerprint density at radius 3 is 2.57 bits per heavy atom. The highest BCUT2D eigenvalue weighted by Gasteiger charge is 2.34. The fourth-order valence-corrected chi connectivity index (χ4v) is 3.50. The molecule has 2 fully saturated rings. The minimum atomic E-state index is -2.67. The van der Waals surface area contributed by atoms with Gasteiger partial charge < -0.3 is 10.6 Å². The highest BCUT2D eigenvalue weighted by atomic mass is 32.2. The molecule has 5 heteroatoms. The van der Waals surface area contributed by atoms with E-state index in [1.807, 2.05) is 0 Å². The maximum Gasteiger partial charge on any atom is 0.153 e. The normalized spacial score (nSPS) is 33.3. The first-order chi connectivity index (χ1) is 6.66. The van der Waals surface area contributed by atoms with Gasteiger partial charge in [-0.1, -0.05) is 0 Å². The van der Waals surface area contributed by atoms with Crippen LogP contribution in [-0.4, -0.2) is 45.1 Å². The molecular weight excluding hydrogens is 200 g/mol. The van der Waals surface area contributed by atoms with Crippen LogP contribution in [0.2, 0.25) is 0 Å². The lowest BCUT2D eigenvalue weighted by Crippen LogP contribution is -2.54. The van der Waals surface area contributed by atoms with E-state index in [2.05, 4.69) is 10.6 Å². The molecule has 0 aromatic heterocycles. The van der Waals surface area contributed by atoms with Crippen LogP contribution in [0.1, 0.15) is 19.3 Å². The van der Waals surface area contributed by atoms with Crippen molar-refractivity contribution in [1.82, 2.24) is 10.6 Å². The first-order valence-corrected chi connectivity index (χ1v) is 7.15. The van der Waals surface area contributed by atoms with E-state index in [1.54, 1.807) is 0 Å². The van der Waals surface area contributed by atoms with Crippen molar-refractivity contribution >= 4 is 9.84 Å². The van der Waals surface area contributed by atoms with Crippen molar-refractivity contribution in [2.45, 2.75) is 31.3 Å². The molecule has 0 spiro atoms. The van der Waals surface area contributed by atoms with Crippen LogP contribution in [0.5, 0.6) is 0 Å². The highest BCUT2D eigenvalue weighted by molar-refractivity contribution is 7.92. The van der Waals surface area contributed by atoms with Crippen molar-refractivity contribution in [3.05, 3.63) is 0 Å². The quantitative estimate of drug-likeness (QED) is 0.657. The van der Waals surface area contributed by atoms with E-state index in [1.165, 1.54) is 12.8 Å². The summed E-state index contributed by atoms with van der Waals surface area (Å²) in [5.41, 5.74) is 0. The summed E-state index contributed by atoms with van der Waals surface area (Å²) in [6.07, 6.45) is 3.48. The van der Waals surface area contributed by atoms with E-state index in [0.29, 0.717) is 17.5 Å². The van der Waals surface area contributed by atoms with E-state index >= 15 is 0 Å². The zero-order chi connectivity index (χ0) is 10.0. The summed E-state index contributed by atoms with van der Waals surface area (Å²) in [5, 5.41) is 6.78. The number of sulfone groups is 1. The van der Waals surface area contributed by atoms with E-state index in [-0.39, 0.29) is 6.04 Å². The molecule has 0 amide bonds. The maximum atomic E-state index is 11.0. The minimum absolute atomic E-state index is 0.225. The summed E-state index contributed by atoms with van der Waals surface area (Å²) < 4.78 is 21.9. The van der Waals surface area contributed by atoms with Gasteiger partial charge in [-0.3, -0.25) is 0 Å². The van der Waals surface area contributed by atoms with Gasteiger partial charge in [-0.25, -0.2) is 8.42 Å². The van der Waals surface area contributed by atoms with Gasteiger partial charge in [0.25, 0.3) is 0 Å². The minimum Gasteiger partial charge on any atom is -0.317 e. The summed E-state index contributed by atoms with van der Waals surface area (Å²) in [6.45, 7) is 2.15. The van der Waals surface area contributed by atoms with E-state index in [0.717, 1.165) is 19.5 Å². The van der Waals surface area contributed by atoms with Gasteiger partial charge in [0.1, 0.15) is 0 Å². The predicted molar refractivity (Wildman–Crippen MR) is 56.1 cm³/mol. The second-order valence-electron chi connectivity index (χ2n) is 4.32. The molecule has 82 valence electrons. The van der Waals surface area contributed by atoms with Gasteiger partial charge in [0, 0.05) is 12.1 Å². The van der Waals surface area contributed by atoms with Gasteiger partial charge in [-0.15, -0.1) is 0 Å². The Morgan fingerprint density at radius 2 is 1.86 bits per heavy atom. The Bertz CT molecular complexity index is 269. The molecule has 2 aliphatic rings. The molecule has 2 saturated heterocycles. The molecule has 0 aromatic rings. The van der Waals surface area contributed by atoms with Crippen LogP contribution in [0.25, 0.3) is 0 Å². The fraction of sp³-hybridized carbons (Fsp3) is 1.00. The molecule has 4 nitrogen and oxygen atoms in total. The van der Waals surface area contributed by atoms with Crippen molar-refractivity contribution in [1.29, 1.82) is 0 Å². The van der Waals surface area contributed by atoms with E-state index in [4.69, 9.17) is 0 Å². The fourth-order valence-electron chi connectivity index (χ4n) is 2.18. The summed E-state index contributed by atoms with van der Waals surface area (Å²) in [7, 11) is -2.67.